The monoisotopic (exact) mass is 529 g/mol. The van der Waals surface area contributed by atoms with Crippen molar-refractivity contribution < 1.29 is 22.7 Å². The molecule has 5 atom stereocenters. The van der Waals surface area contributed by atoms with Crippen LogP contribution in [-0.2, 0) is 4.74 Å². The topological polar surface area (TPSA) is 85.9 Å². The van der Waals surface area contributed by atoms with Gasteiger partial charge in [-0.3, -0.25) is 11.1 Å². The highest BCUT2D eigenvalue weighted by Gasteiger charge is 2.44. The van der Waals surface area contributed by atoms with Crippen LogP contribution in [-0.4, -0.2) is 84.3 Å². The normalized spacial score (nSPS) is 34.1. The standard InChI is InChI=1S/C27H46F3N5O2/c1-3-33-11-13-34(14-12-33)26(36)35(22-6-4-5-21(16-22)23-15-18(23)2)17-19-7-9-20(10-8-19)24(31)37-25(32)27(28,29)30/h18-23,25,31H,3-17,32H2,1-2H3. The van der Waals surface area contributed by atoms with Crippen LogP contribution in [0, 0.1) is 35.0 Å². The second kappa shape index (κ2) is 12.1. The number of halogens is 3. The van der Waals surface area contributed by atoms with E-state index in [0.29, 0.717) is 31.2 Å². The molecular weight excluding hydrogens is 483 g/mol. The molecule has 5 unspecified atom stereocenters. The van der Waals surface area contributed by atoms with Gasteiger partial charge in [0, 0.05) is 44.7 Å². The second-order valence-corrected chi connectivity index (χ2v) is 12.0. The van der Waals surface area contributed by atoms with Gasteiger partial charge in [0.05, 0.1) is 0 Å². The minimum atomic E-state index is -4.68. The van der Waals surface area contributed by atoms with Gasteiger partial charge in [-0.1, -0.05) is 26.7 Å². The van der Waals surface area contributed by atoms with Crippen molar-refractivity contribution >= 4 is 11.9 Å². The van der Waals surface area contributed by atoms with Crippen LogP contribution in [0.4, 0.5) is 18.0 Å². The molecule has 0 spiro atoms. The number of ether oxygens (including phenoxy) is 1. The molecule has 4 fully saturated rings. The highest BCUT2D eigenvalue weighted by molar-refractivity contribution is 5.76. The SMILES string of the molecule is CCN1CCN(C(=O)N(CC2CCC(C(=N)OC(N)C(F)(F)F)CC2)C2CCCC(C3CC3C)C2)CC1. The Morgan fingerprint density at radius 3 is 2.30 bits per heavy atom. The predicted molar refractivity (Wildman–Crippen MR) is 137 cm³/mol. The van der Waals surface area contributed by atoms with Gasteiger partial charge in [0.15, 0.2) is 5.90 Å². The number of carbonyl (C=O) groups excluding carboxylic acids is 1. The van der Waals surface area contributed by atoms with Gasteiger partial charge >= 0.3 is 12.2 Å². The van der Waals surface area contributed by atoms with Gasteiger partial charge in [-0.2, -0.15) is 13.2 Å². The number of urea groups is 1. The lowest BCUT2D eigenvalue weighted by Crippen LogP contribution is -2.56. The molecule has 37 heavy (non-hydrogen) atoms. The molecule has 4 aliphatic rings. The molecular formula is C27H46F3N5O2. The fourth-order valence-electron chi connectivity index (χ4n) is 6.89. The van der Waals surface area contributed by atoms with E-state index in [0.717, 1.165) is 70.2 Å². The maximum atomic E-state index is 13.9. The summed E-state index contributed by atoms with van der Waals surface area (Å²) in [6.45, 7) is 9.55. The number of amides is 2. The molecule has 3 N–H and O–H groups in total. The van der Waals surface area contributed by atoms with Crippen molar-refractivity contribution in [1.29, 1.82) is 5.41 Å². The molecule has 1 aliphatic heterocycles. The predicted octanol–water partition coefficient (Wildman–Crippen LogP) is 4.91. The molecule has 212 valence electrons. The van der Waals surface area contributed by atoms with Crippen LogP contribution in [0.25, 0.3) is 0 Å². The summed E-state index contributed by atoms with van der Waals surface area (Å²) in [5, 5.41) is 8.00. The van der Waals surface area contributed by atoms with Crippen molar-refractivity contribution in [2.24, 2.45) is 35.3 Å². The van der Waals surface area contributed by atoms with Crippen LogP contribution >= 0.6 is 0 Å². The molecule has 2 amide bonds. The molecule has 10 heteroatoms. The molecule has 1 saturated heterocycles. The lowest BCUT2D eigenvalue weighted by molar-refractivity contribution is -0.198. The zero-order valence-corrected chi connectivity index (χ0v) is 22.5. The first-order valence-corrected chi connectivity index (χ1v) is 14.4. The number of rotatable bonds is 7. The maximum Gasteiger partial charge on any atom is 0.439 e. The van der Waals surface area contributed by atoms with Crippen molar-refractivity contribution in [2.75, 3.05) is 39.3 Å². The highest BCUT2D eigenvalue weighted by atomic mass is 19.4. The van der Waals surface area contributed by atoms with Crippen LogP contribution in [0.5, 0.6) is 0 Å². The summed E-state index contributed by atoms with van der Waals surface area (Å²) in [7, 11) is 0. The smallest absolute Gasteiger partial charge is 0.439 e. The summed E-state index contributed by atoms with van der Waals surface area (Å²) in [5.41, 5.74) is 5.06. The Kier molecular flexibility index (Phi) is 9.30. The van der Waals surface area contributed by atoms with Gasteiger partial charge in [-0.05, 0) is 75.2 Å². The first-order valence-electron chi connectivity index (χ1n) is 14.4. The lowest BCUT2D eigenvalue weighted by Gasteiger charge is -2.44. The molecule has 0 aromatic heterocycles. The molecule has 0 bridgehead atoms. The number of likely N-dealkylation sites (N-methyl/N-ethyl adjacent to an activating group) is 1. The number of nitrogens with one attached hydrogen (secondary N) is 1. The molecule has 0 aromatic carbocycles. The third-order valence-corrected chi connectivity index (χ3v) is 9.49. The summed E-state index contributed by atoms with van der Waals surface area (Å²) >= 11 is 0. The van der Waals surface area contributed by atoms with Gasteiger partial charge in [-0.15, -0.1) is 0 Å². The van der Waals surface area contributed by atoms with E-state index in [1.54, 1.807) is 0 Å². The molecule has 7 nitrogen and oxygen atoms in total. The van der Waals surface area contributed by atoms with Gasteiger partial charge in [0.1, 0.15) is 0 Å². The first kappa shape index (κ1) is 28.5. The zero-order chi connectivity index (χ0) is 26.7. The quantitative estimate of drug-likeness (QED) is 0.279. The number of piperazine rings is 1. The van der Waals surface area contributed by atoms with E-state index in [1.165, 1.54) is 19.3 Å². The average molecular weight is 530 g/mol. The molecule has 3 aliphatic carbocycles. The maximum absolute atomic E-state index is 13.9. The fourth-order valence-corrected chi connectivity index (χ4v) is 6.89. The van der Waals surface area contributed by atoms with Crippen LogP contribution in [0.3, 0.4) is 0 Å². The molecule has 0 aromatic rings. The molecule has 0 radical (unpaired) electrons. The van der Waals surface area contributed by atoms with Gasteiger partial charge < -0.3 is 19.4 Å². The third-order valence-electron chi connectivity index (χ3n) is 9.49. The lowest BCUT2D eigenvalue weighted by atomic mass is 9.79. The van der Waals surface area contributed by atoms with Crippen molar-refractivity contribution in [3.05, 3.63) is 0 Å². The van der Waals surface area contributed by atoms with E-state index in [2.05, 4.69) is 23.6 Å². The minimum Gasteiger partial charge on any atom is -0.453 e. The van der Waals surface area contributed by atoms with E-state index in [1.807, 2.05) is 4.90 Å². The van der Waals surface area contributed by atoms with Crippen molar-refractivity contribution in [3.63, 3.8) is 0 Å². The van der Waals surface area contributed by atoms with E-state index in [4.69, 9.17) is 15.9 Å². The van der Waals surface area contributed by atoms with Gasteiger partial charge in [-0.25, -0.2) is 4.79 Å². The van der Waals surface area contributed by atoms with Crippen LogP contribution in [0.15, 0.2) is 0 Å². The Hall–Kier alpha value is -1.55. The van der Waals surface area contributed by atoms with Crippen LogP contribution < -0.4 is 5.73 Å². The summed E-state index contributed by atoms with van der Waals surface area (Å²) in [6.07, 6.45) is 1.54. The average Bonchev–Trinajstić information content (AvgIpc) is 3.63. The number of nitrogens with two attached hydrogens (primary N) is 1. The summed E-state index contributed by atoms with van der Waals surface area (Å²) in [6, 6.07) is 0.437. The van der Waals surface area contributed by atoms with Gasteiger partial charge in [0.2, 0.25) is 6.23 Å². The fraction of sp³-hybridized carbons (Fsp3) is 0.926. The highest BCUT2D eigenvalue weighted by Crippen LogP contribution is 2.49. The largest absolute Gasteiger partial charge is 0.453 e. The molecule has 4 rings (SSSR count). The van der Waals surface area contributed by atoms with Gasteiger partial charge in [0.25, 0.3) is 0 Å². The Bertz CT molecular complexity index is 780. The zero-order valence-electron chi connectivity index (χ0n) is 22.5. The van der Waals surface area contributed by atoms with Crippen LogP contribution in [0.1, 0.15) is 71.6 Å². The minimum absolute atomic E-state index is 0.166. The number of carbonyl (C=O) groups is 1. The third kappa shape index (κ3) is 7.31. The number of alkyl halides is 3. The second-order valence-electron chi connectivity index (χ2n) is 12.0. The first-order chi connectivity index (χ1) is 17.6. The summed E-state index contributed by atoms with van der Waals surface area (Å²) in [5.74, 6) is 1.93. The Morgan fingerprint density at radius 1 is 1.08 bits per heavy atom. The van der Waals surface area contributed by atoms with E-state index in [9.17, 15) is 18.0 Å². The number of nitrogens with zero attached hydrogens (tertiary/aromatic N) is 3. The van der Waals surface area contributed by atoms with E-state index >= 15 is 0 Å². The molecule has 1 heterocycles. The Morgan fingerprint density at radius 2 is 1.73 bits per heavy atom. The van der Waals surface area contributed by atoms with Crippen molar-refractivity contribution in [3.8, 4) is 0 Å². The number of hydrogen-bond acceptors (Lipinski definition) is 5. The van der Waals surface area contributed by atoms with Crippen molar-refractivity contribution in [2.45, 2.75) is 90.1 Å². The van der Waals surface area contributed by atoms with Crippen molar-refractivity contribution in [1.82, 2.24) is 14.7 Å². The summed E-state index contributed by atoms with van der Waals surface area (Å²) < 4.78 is 42.9. The van der Waals surface area contributed by atoms with E-state index < -0.39 is 12.4 Å². The summed E-state index contributed by atoms with van der Waals surface area (Å²) in [4.78, 5) is 20.5. The van der Waals surface area contributed by atoms with E-state index in [-0.39, 0.29) is 23.9 Å². The number of hydrogen-bond donors (Lipinski definition) is 2. The Labute approximate surface area is 219 Å². The molecule has 3 saturated carbocycles. The Balaban J connectivity index is 1.36. The van der Waals surface area contributed by atoms with Crippen LogP contribution in [0.2, 0.25) is 0 Å².